The predicted molar refractivity (Wildman–Crippen MR) is 59.3 cm³/mol. The first-order valence-electron chi connectivity index (χ1n) is 5.55. The van der Waals surface area contributed by atoms with Crippen LogP contribution in [-0.4, -0.2) is 23.3 Å². The summed E-state index contributed by atoms with van der Waals surface area (Å²) in [6.45, 7) is 5.96. The molecule has 1 rings (SSSR count). The lowest BCUT2D eigenvalue weighted by atomic mass is 10.1. The smallest absolute Gasteiger partial charge is 0.393 e. The summed E-state index contributed by atoms with van der Waals surface area (Å²) in [4.78, 5) is 3.91. The van der Waals surface area contributed by atoms with Crippen LogP contribution in [0.1, 0.15) is 32.9 Å². The van der Waals surface area contributed by atoms with E-state index in [-0.39, 0.29) is 11.6 Å². The molecule has 1 aromatic heterocycles. The van der Waals surface area contributed by atoms with Gasteiger partial charge in [-0.3, -0.25) is 0 Å². The third-order valence-corrected chi connectivity index (χ3v) is 1.94. The van der Waals surface area contributed by atoms with Gasteiger partial charge in [0, 0.05) is 12.1 Å². The van der Waals surface area contributed by atoms with Gasteiger partial charge >= 0.3 is 12.3 Å². The number of hydrogen-bond acceptors (Lipinski definition) is 4. The molecule has 0 radical (unpaired) electrons. The van der Waals surface area contributed by atoms with Gasteiger partial charge < -0.3 is 14.5 Å². The highest BCUT2D eigenvalue weighted by molar-refractivity contribution is 5.00. The molecule has 1 aromatic rings. The lowest BCUT2D eigenvalue weighted by molar-refractivity contribution is -0.140. The van der Waals surface area contributed by atoms with E-state index in [1.54, 1.807) is 0 Å². The van der Waals surface area contributed by atoms with Gasteiger partial charge in [0.15, 0.2) is 0 Å². The first-order chi connectivity index (χ1) is 8.16. The van der Waals surface area contributed by atoms with Crippen LogP contribution in [-0.2, 0) is 6.54 Å². The van der Waals surface area contributed by atoms with Crippen LogP contribution in [0.2, 0.25) is 0 Å². The Balaban J connectivity index is 2.35. The summed E-state index contributed by atoms with van der Waals surface area (Å²) >= 11 is 0. The van der Waals surface area contributed by atoms with Gasteiger partial charge in [0.1, 0.15) is 12.9 Å². The first kappa shape index (κ1) is 14.8. The molecule has 0 aromatic carbocycles. The molecule has 18 heavy (non-hydrogen) atoms. The summed E-state index contributed by atoms with van der Waals surface area (Å²) in [5.41, 5.74) is 0.517. The van der Waals surface area contributed by atoms with E-state index < -0.39 is 19.2 Å². The third-order valence-electron chi connectivity index (χ3n) is 1.94. The molecule has 0 aliphatic carbocycles. The normalized spacial score (nSPS) is 12.8. The molecule has 0 bridgehead atoms. The second-order valence-corrected chi connectivity index (χ2v) is 4.92. The molecule has 0 aliphatic heterocycles. The molecule has 0 aliphatic rings. The van der Waals surface area contributed by atoms with Gasteiger partial charge in [0.05, 0.1) is 12.1 Å². The molecule has 0 amide bonds. The van der Waals surface area contributed by atoms with Crippen molar-refractivity contribution in [2.24, 2.45) is 0 Å². The lowest BCUT2D eigenvalue weighted by Crippen LogP contribution is -2.35. The summed E-state index contributed by atoms with van der Waals surface area (Å²) in [5.74, 6) is 0. The van der Waals surface area contributed by atoms with Gasteiger partial charge in [-0.25, -0.2) is 0 Å². The zero-order valence-corrected chi connectivity index (χ0v) is 10.6. The maximum Gasteiger partial charge on any atom is 0.393 e. The molecule has 0 spiro atoms. The molecule has 0 fully saturated rings. The van der Waals surface area contributed by atoms with Crippen LogP contribution in [0, 0.1) is 0 Å². The summed E-state index contributed by atoms with van der Waals surface area (Å²) < 4.78 is 45.3. The highest BCUT2D eigenvalue weighted by atomic mass is 19.4. The monoisotopic (exact) mass is 266 g/mol. The molecule has 0 saturated heterocycles. The van der Waals surface area contributed by atoms with E-state index in [4.69, 9.17) is 9.15 Å². The SMILES string of the molecule is CC(C)(C)NCc1coc(OCCC(F)(F)F)n1. The lowest BCUT2D eigenvalue weighted by Gasteiger charge is -2.19. The van der Waals surface area contributed by atoms with Gasteiger partial charge in [-0.05, 0) is 20.8 Å². The average Bonchev–Trinajstić information content (AvgIpc) is 2.60. The molecule has 1 heterocycles. The van der Waals surface area contributed by atoms with Crippen LogP contribution >= 0.6 is 0 Å². The fraction of sp³-hybridized carbons (Fsp3) is 0.727. The minimum Gasteiger partial charge on any atom is -0.450 e. The van der Waals surface area contributed by atoms with Crippen molar-refractivity contribution in [1.82, 2.24) is 10.3 Å². The van der Waals surface area contributed by atoms with Crippen LogP contribution in [0.4, 0.5) is 13.2 Å². The minimum atomic E-state index is -4.23. The zero-order valence-electron chi connectivity index (χ0n) is 10.6. The Hall–Kier alpha value is -1.24. The quantitative estimate of drug-likeness (QED) is 0.890. The van der Waals surface area contributed by atoms with Crippen molar-refractivity contribution in [1.29, 1.82) is 0 Å². The number of alkyl halides is 3. The van der Waals surface area contributed by atoms with Gasteiger partial charge in [-0.2, -0.15) is 18.2 Å². The summed E-state index contributed by atoms with van der Waals surface area (Å²) in [6.07, 6.45) is -4.03. The predicted octanol–water partition coefficient (Wildman–Crippen LogP) is 2.89. The topological polar surface area (TPSA) is 47.3 Å². The van der Waals surface area contributed by atoms with E-state index in [9.17, 15) is 13.2 Å². The van der Waals surface area contributed by atoms with Gasteiger partial charge in [-0.15, -0.1) is 0 Å². The fourth-order valence-electron chi connectivity index (χ4n) is 1.05. The van der Waals surface area contributed by atoms with E-state index in [2.05, 4.69) is 10.3 Å². The van der Waals surface area contributed by atoms with Crippen LogP contribution in [0.25, 0.3) is 0 Å². The Kier molecular flexibility index (Phi) is 4.61. The number of ether oxygens (including phenoxy) is 1. The zero-order chi connectivity index (χ0) is 13.8. The number of hydrogen-bond donors (Lipinski definition) is 1. The van der Waals surface area contributed by atoms with Gasteiger partial charge in [0.2, 0.25) is 0 Å². The maximum atomic E-state index is 11.9. The Bertz CT molecular complexity index is 369. The number of oxazole rings is 1. The molecule has 7 heteroatoms. The minimum absolute atomic E-state index is 0.0732. The number of aromatic nitrogens is 1. The fourth-order valence-corrected chi connectivity index (χ4v) is 1.05. The van der Waals surface area contributed by atoms with Gasteiger partial charge in [-0.1, -0.05) is 0 Å². The molecule has 1 N–H and O–H groups in total. The molecule has 104 valence electrons. The second kappa shape index (κ2) is 5.60. The maximum absolute atomic E-state index is 11.9. The van der Waals surface area contributed by atoms with Crippen molar-refractivity contribution in [3.63, 3.8) is 0 Å². The molecule has 0 atom stereocenters. The van der Waals surface area contributed by atoms with Crippen LogP contribution < -0.4 is 10.1 Å². The molecule has 0 saturated carbocycles. The third kappa shape index (κ3) is 6.48. The summed E-state index contributed by atoms with van der Waals surface area (Å²) in [7, 11) is 0. The van der Waals surface area contributed by atoms with Crippen LogP contribution in [0.5, 0.6) is 6.08 Å². The van der Waals surface area contributed by atoms with E-state index in [0.29, 0.717) is 12.2 Å². The molecule has 4 nitrogen and oxygen atoms in total. The number of nitrogens with one attached hydrogen (secondary N) is 1. The Morgan fingerprint density at radius 3 is 2.56 bits per heavy atom. The Morgan fingerprint density at radius 1 is 1.33 bits per heavy atom. The molecule has 0 unspecified atom stereocenters. The van der Waals surface area contributed by atoms with E-state index in [1.807, 2.05) is 20.8 Å². The highest BCUT2D eigenvalue weighted by Crippen LogP contribution is 2.20. The first-order valence-corrected chi connectivity index (χ1v) is 5.55. The van der Waals surface area contributed by atoms with Crippen molar-refractivity contribution in [3.8, 4) is 6.08 Å². The summed E-state index contributed by atoms with van der Waals surface area (Å²) in [5, 5.41) is 3.17. The van der Waals surface area contributed by atoms with Crippen molar-refractivity contribution in [2.45, 2.75) is 45.5 Å². The van der Waals surface area contributed by atoms with Crippen molar-refractivity contribution < 1.29 is 22.3 Å². The number of halogens is 3. The number of nitrogens with zero attached hydrogens (tertiary/aromatic N) is 1. The van der Waals surface area contributed by atoms with E-state index >= 15 is 0 Å². The van der Waals surface area contributed by atoms with E-state index in [0.717, 1.165) is 0 Å². The van der Waals surface area contributed by atoms with Gasteiger partial charge in [0.25, 0.3) is 0 Å². The van der Waals surface area contributed by atoms with Crippen molar-refractivity contribution in [3.05, 3.63) is 12.0 Å². The van der Waals surface area contributed by atoms with Crippen LogP contribution in [0.3, 0.4) is 0 Å². The molecular formula is C11H17F3N2O2. The average molecular weight is 266 g/mol. The Morgan fingerprint density at radius 2 is 2.00 bits per heavy atom. The van der Waals surface area contributed by atoms with Crippen molar-refractivity contribution in [2.75, 3.05) is 6.61 Å². The molecular weight excluding hydrogens is 249 g/mol. The highest BCUT2D eigenvalue weighted by Gasteiger charge is 2.27. The van der Waals surface area contributed by atoms with E-state index in [1.165, 1.54) is 6.26 Å². The van der Waals surface area contributed by atoms with Crippen molar-refractivity contribution >= 4 is 0 Å². The van der Waals surface area contributed by atoms with Crippen LogP contribution in [0.15, 0.2) is 10.7 Å². The standard InChI is InChI=1S/C11H17F3N2O2/c1-10(2,3)15-6-8-7-18-9(16-8)17-5-4-11(12,13)14/h7,15H,4-6H2,1-3H3. The number of rotatable bonds is 5. The Labute approximate surface area is 104 Å². The largest absolute Gasteiger partial charge is 0.450 e. The summed E-state index contributed by atoms with van der Waals surface area (Å²) in [6, 6.07) is 0. The second-order valence-electron chi connectivity index (χ2n) is 4.92.